The summed E-state index contributed by atoms with van der Waals surface area (Å²) < 4.78 is -1.01. The lowest BCUT2D eigenvalue weighted by molar-refractivity contribution is -0.134. The topological polar surface area (TPSA) is 58.2 Å². The molecule has 2 aliphatic carbocycles. The number of hydrazine groups is 1. The number of carbonyl (C=O) groups is 2. The number of alkyl halides is 2. The van der Waals surface area contributed by atoms with Gasteiger partial charge in [0.25, 0.3) is 0 Å². The van der Waals surface area contributed by atoms with Gasteiger partial charge in [0.1, 0.15) is 4.33 Å². The van der Waals surface area contributed by atoms with Crippen LogP contribution < -0.4 is 10.9 Å². The predicted molar refractivity (Wildman–Crippen MR) is 70.0 cm³/mol. The Bertz CT molecular complexity index is 367. The van der Waals surface area contributed by atoms with Gasteiger partial charge in [0.15, 0.2) is 0 Å². The van der Waals surface area contributed by atoms with Crippen LogP contribution in [0.5, 0.6) is 0 Å². The molecule has 2 saturated carbocycles. The van der Waals surface area contributed by atoms with Gasteiger partial charge in [-0.1, -0.05) is 19.3 Å². The Labute approximate surface area is 117 Å². The monoisotopic (exact) mass is 292 g/mol. The summed E-state index contributed by atoms with van der Waals surface area (Å²) in [6, 6.07) is 0. The Hall–Kier alpha value is -0.480. The maximum absolute atomic E-state index is 11.8. The normalized spacial score (nSPS) is 30.6. The molecule has 2 rings (SSSR count). The van der Waals surface area contributed by atoms with Crippen LogP contribution in [-0.4, -0.2) is 16.1 Å². The van der Waals surface area contributed by atoms with E-state index < -0.39 is 9.75 Å². The Morgan fingerprint density at radius 1 is 1.11 bits per heavy atom. The van der Waals surface area contributed by atoms with Crippen LogP contribution in [0.25, 0.3) is 0 Å². The molecular formula is C12H18Cl2N2O2. The quantitative estimate of drug-likeness (QED) is 0.606. The van der Waals surface area contributed by atoms with E-state index in [1.54, 1.807) is 6.92 Å². The van der Waals surface area contributed by atoms with Crippen molar-refractivity contribution in [2.24, 2.45) is 11.3 Å². The minimum absolute atomic E-state index is 0.0165. The highest BCUT2D eigenvalue weighted by molar-refractivity contribution is 6.53. The van der Waals surface area contributed by atoms with E-state index in [1.165, 1.54) is 6.42 Å². The third-order valence-electron chi connectivity index (χ3n) is 4.03. The van der Waals surface area contributed by atoms with Crippen LogP contribution in [0.3, 0.4) is 0 Å². The molecule has 2 N–H and O–H groups in total. The van der Waals surface area contributed by atoms with Crippen molar-refractivity contribution in [2.45, 2.75) is 49.8 Å². The zero-order chi connectivity index (χ0) is 13.4. The predicted octanol–water partition coefficient (Wildman–Crippen LogP) is 2.30. The molecule has 0 aromatic rings. The number of nitrogens with one attached hydrogen (secondary N) is 2. The second-order valence-electron chi connectivity index (χ2n) is 5.49. The van der Waals surface area contributed by atoms with Crippen molar-refractivity contribution < 1.29 is 9.59 Å². The summed E-state index contributed by atoms with van der Waals surface area (Å²) in [5.74, 6) is -0.415. The summed E-state index contributed by atoms with van der Waals surface area (Å²) >= 11 is 11.8. The molecule has 18 heavy (non-hydrogen) atoms. The molecule has 2 aliphatic rings. The van der Waals surface area contributed by atoms with E-state index in [0.29, 0.717) is 6.42 Å². The fourth-order valence-corrected chi connectivity index (χ4v) is 3.08. The van der Waals surface area contributed by atoms with Crippen LogP contribution in [0.4, 0.5) is 0 Å². The number of amides is 2. The van der Waals surface area contributed by atoms with Crippen LogP contribution in [0, 0.1) is 11.3 Å². The van der Waals surface area contributed by atoms with E-state index in [9.17, 15) is 9.59 Å². The number of carbonyl (C=O) groups excluding carboxylic acids is 2. The average Bonchev–Trinajstić information content (AvgIpc) is 2.87. The van der Waals surface area contributed by atoms with E-state index >= 15 is 0 Å². The van der Waals surface area contributed by atoms with Crippen molar-refractivity contribution in [3.63, 3.8) is 0 Å². The van der Waals surface area contributed by atoms with Crippen molar-refractivity contribution >= 4 is 35.0 Å². The third-order valence-corrected chi connectivity index (χ3v) is 5.14. The number of hydrogen-bond acceptors (Lipinski definition) is 2. The molecule has 1 atom stereocenters. The largest absolute Gasteiger partial charge is 0.273 e. The fourth-order valence-electron chi connectivity index (χ4n) is 2.37. The molecule has 2 amide bonds. The zero-order valence-electron chi connectivity index (χ0n) is 10.4. The second kappa shape index (κ2) is 4.89. The lowest BCUT2D eigenvalue weighted by Crippen LogP contribution is -2.48. The molecule has 4 nitrogen and oxygen atoms in total. The highest BCUT2D eigenvalue weighted by Gasteiger charge is 2.68. The van der Waals surface area contributed by atoms with Gasteiger partial charge in [-0.2, -0.15) is 0 Å². The Morgan fingerprint density at radius 3 is 2.17 bits per heavy atom. The Morgan fingerprint density at radius 2 is 1.67 bits per heavy atom. The second-order valence-corrected chi connectivity index (χ2v) is 6.98. The fraction of sp³-hybridized carbons (Fsp3) is 0.833. The lowest BCUT2D eigenvalue weighted by Gasteiger charge is -2.21. The van der Waals surface area contributed by atoms with Gasteiger partial charge in [0.2, 0.25) is 11.8 Å². The van der Waals surface area contributed by atoms with Gasteiger partial charge in [-0.3, -0.25) is 20.4 Å². The summed E-state index contributed by atoms with van der Waals surface area (Å²) in [5, 5.41) is 0. The molecule has 102 valence electrons. The smallest absolute Gasteiger partial charge is 0.247 e. The van der Waals surface area contributed by atoms with E-state index in [0.717, 1.165) is 25.7 Å². The molecule has 0 saturated heterocycles. The van der Waals surface area contributed by atoms with Gasteiger partial charge in [0, 0.05) is 5.92 Å². The lowest BCUT2D eigenvalue weighted by atomic mass is 9.89. The van der Waals surface area contributed by atoms with E-state index in [2.05, 4.69) is 10.9 Å². The molecular weight excluding hydrogens is 275 g/mol. The van der Waals surface area contributed by atoms with Crippen molar-refractivity contribution in [3.05, 3.63) is 0 Å². The first-order valence-electron chi connectivity index (χ1n) is 6.35. The highest BCUT2D eigenvalue weighted by Crippen LogP contribution is 2.63. The molecule has 0 radical (unpaired) electrons. The average molecular weight is 293 g/mol. The summed E-state index contributed by atoms with van der Waals surface area (Å²) in [5.41, 5.74) is 4.12. The Balaban J connectivity index is 1.78. The molecule has 0 aliphatic heterocycles. The molecule has 0 aromatic carbocycles. The van der Waals surface area contributed by atoms with E-state index in [1.807, 2.05) is 0 Å². The SMILES string of the molecule is C[C@@]1(C(=O)NNC(=O)C2CCCCC2)CC1(Cl)Cl. The summed E-state index contributed by atoms with van der Waals surface area (Å²) in [6.45, 7) is 1.69. The van der Waals surface area contributed by atoms with Crippen molar-refractivity contribution in [3.8, 4) is 0 Å². The van der Waals surface area contributed by atoms with Gasteiger partial charge >= 0.3 is 0 Å². The van der Waals surface area contributed by atoms with Gasteiger partial charge < -0.3 is 0 Å². The highest BCUT2D eigenvalue weighted by atomic mass is 35.5. The van der Waals surface area contributed by atoms with Crippen molar-refractivity contribution in [1.82, 2.24) is 10.9 Å². The summed E-state index contributed by atoms with van der Waals surface area (Å²) in [7, 11) is 0. The summed E-state index contributed by atoms with van der Waals surface area (Å²) in [4.78, 5) is 23.7. The van der Waals surface area contributed by atoms with Crippen LogP contribution in [0.2, 0.25) is 0 Å². The number of halogens is 2. The van der Waals surface area contributed by atoms with Crippen LogP contribution in [0.15, 0.2) is 0 Å². The standard InChI is InChI=1S/C12H18Cl2N2O2/c1-11(7-12(11,13)14)10(18)16-15-9(17)8-5-3-2-4-6-8/h8H,2-7H2,1H3,(H,15,17)(H,16,18)/t11-/m0/s1. The minimum Gasteiger partial charge on any atom is -0.273 e. The van der Waals surface area contributed by atoms with Crippen LogP contribution in [0.1, 0.15) is 45.4 Å². The maximum atomic E-state index is 11.8. The third kappa shape index (κ3) is 2.59. The van der Waals surface area contributed by atoms with Gasteiger partial charge in [-0.15, -0.1) is 23.2 Å². The van der Waals surface area contributed by atoms with Crippen LogP contribution >= 0.6 is 23.2 Å². The molecule has 0 aromatic heterocycles. The first-order valence-corrected chi connectivity index (χ1v) is 7.10. The van der Waals surface area contributed by atoms with E-state index in [-0.39, 0.29) is 17.7 Å². The molecule has 0 heterocycles. The van der Waals surface area contributed by atoms with Crippen LogP contribution in [-0.2, 0) is 9.59 Å². The van der Waals surface area contributed by atoms with Crippen molar-refractivity contribution in [1.29, 1.82) is 0 Å². The first-order chi connectivity index (χ1) is 8.37. The molecule has 0 spiro atoms. The molecule has 0 unspecified atom stereocenters. The minimum atomic E-state index is -1.01. The van der Waals surface area contributed by atoms with Gasteiger partial charge in [-0.25, -0.2) is 0 Å². The summed E-state index contributed by atoms with van der Waals surface area (Å²) in [6.07, 6.45) is 5.55. The Kier molecular flexibility index (Phi) is 3.79. The maximum Gasteiger partial charge on any atom is 0.247 e. The van der Waals surface area contributed by atoms with E-state index in [4.69, 9.17) is 23.2 Å². The number of hydrogen-bond donors (Lipinski definition) is 2. The zero-order valence-corrected chi connectivity index (χ0v) is 11.9. The van der Waals surface area contributed by atoms with Gasteiger partial charge in [0.05, 0.1) is 5.41 Å². The number of rotatable bonds is 2. The van der Waals surface area contributed by atoms with Crippen molar-refractivity contribution in [2.75, 3.05) is 0 Å². The first kappa shape index (κ1) is 13.9. The molecule has 0 bridgehead atoms. The van der Waals surface area contributed by atoms with Gasteiger partial charge in [-0.05, 0) is 26.2 Å². The molecule has 2 fully saturated rings. The molecule has 6 heteroatoms.